The molecule has 0 amide bonds. The molecule has 0 fully saturated rings. The summed E-state index contributed by atoms with van der Waals surface area (Å²) in [6.07, 6.45) is -4.17. The van der Waals surface area contributed by atoms with Gasteiger partial charge in [-0.2, -0.15) is 0 Å². The number of nitrogens with one attached hydrogen (secondary N) is 1. The van der Waals surface area contributed by atoms with E-state index >= 15 is 0 Å². The van der Waals surface area contributed by atoms with Crippen LogP contribution in [0.4, 0.5) is 18.9 Å². The Balaban J connectivity index is 3.00. The van der Waals surface area contributed by atoms with Crippen LogP contribution >= 0.6 is 0 Å². The Morgan fingerprint density at radius 3 is 2.50 bits per heavy atom. The number of hydrogen-bond acceptors (Lipinski definition) is 5. The van der Waals surface area contributed by atoms with Gasteiger partial charge < -0.3 is 19.9 Å². The van der Waals surface area contributed by atoms with Gasteiger partial charge in [-0.25, -0.2) is 9.59 Å². The van der Waals surface area contributed by atoms with Crippen LogP contribution in [0.2, 0.25) is 0 Å². The van der Waals surface area contributed by atoms with E-state index < -0.39 is 29.6 Å². The summed E-state index contributed by atoms with van der Waals surface area (Å²) in [5.74, 6) is -3.27. The quantitative estimate of drug-likeness (QED) is 0.363. The number of para-hydroxylation sites is 2. The molecule has 0 unspecified atom stereocenters. The van der Waals surface area contributed by atoms with Crippen molar-refractivity contribution in [3.05, 3.63) is 36.0 Å². The molecule has 0 heterocycles. The van der Waals surface area contributed by atoms with E-state index in [4.69, 9.17) is 5.11 Å². The molecule has 0 saturated carbocycles. The first-order valence-corrected chi connectivity index (χ1v) is 5.96. The summed E-state index contributed by atoms with van der Waals surface area (Å²) >= 11 is 0. The lowest BCUT2D eigenvalue weighted by Crippen LogP contribution is -2.18. The van der Waals surface area contributed by atoms with Gasteiger partial charge in [0.2, 0.25) is 0 Å². The molecule has 0 aliphatic carbocycles. The minimum Gasteiger partial charge on any atom is -0.477 e. The molecule has 120 valence electrons. The number of carboxylic acids is 1. The Kier molecular flexibility index (Phi) is 5.79. The monoisotopic (exact) mass is 319 g/mol. The third-order valence-corrected chi connectivity index (χ3v) is 2.21. The van der Waals surface area contributed by atoms with Crippen molar-refractivity contribution in [3.63, 3.8) is 0 Å². The maximum absolute atomic E-state index is 12.2. The first kappa shape index (κ1) is 17.3. The number of hydrogen-bond donors (Lipinski definition) is 2. The second-order valence-corrected chi connectivity index (χ2v) is 3.77. The summed E-state index contributed by atoms with van der Waals surface area (Å²) in [7, 11) is 0. The Bertz CT molecular complexity index is 583. The predicted octanol–water partition coefficient (Wildman–Crippen LogP) is 2.53. The van der Waals surface area contributed by atoms with E-state index in [1.807, 2.05) is 0 Å². The minimum atomic E-state index is -4.90. The lowest BCUT2D eigenvalue weighted by molar-refractivity contribution is -0.274. The van der Waals surface area contributed by atoms with Crippen LogP contribution in [0.25, 0.3) is 0 Å². The molecule has 9 heteroatoms. The average Bonchev–Trinajstić information content (AvgIpc) is 2.39. The Labute approximate surface area is 123 Å². The second kappa shape index (κ2) is 7.34. The van der Waals surface area contributed by atoms with Crippen molar-refractivity contribution in [1.29, 1.82) is 0 Å². The molecule has 1 aromatic rings. The van der Waals surface area contributed by atoms with Crippen LogP contribution < -0.4 is 10.1 Å². The molecule has 1 aromatic carbocycles. The van der Waals surface area contributed by atoms with Crippen LogP contribution in [0, 0.1) is 0 Å². The normalized spacial score (nSPS) is 11.7. The topological polar surface area (TPSA) is 84.9 Å². The van der Waals surface area contributed by atoms with Crippen LogP contribution in [0.15, 0.2) is 36.0 Å². The van der Waals surface area contributed by atoms with Crippen LogP contribution in [0.1, 0.15) is 6.92 Å². The smallest absolute Gasteiger partial charge is 0.477 e. The SMILES string of the molecule is CCOC(=O)/C(=C\Nc1ccccc1OC(F)(F)F)C(=O)O. The number of rotatable bonds is 6. The number of aliphatic carboxylic acids is 1. The fourth-order valence-corrected chi connectivity index (χ4v) is 1.37. The summed E-state index contributed by atoms with van der Waals surface area (Å²) in [6, 6.07) is 4.97. The van der Waals surface area contributed by atoms with Crippen LogP contribution in [-0.4, -0.2) is 30.0 Å². The van der Waals surface area contributed by atoms with Gasteiger partial charge in [0.15, 0.2) is 11.3 Å². The third kappa shape index (κ3) is 5.35. The molecule has 0 radical (unpaired) electrons. The van der Waals surface area contributed by atoms with Crippen molar-refractivity contribution in [1.82, 2.24) is 0 Å². The summed E-state index contributed by atoms with van der Waals surface area (Å²) in [5.41, 5.74) is -0.925. The van der Waals surface area contributed by atoms with Crippen molar-refractivity contribution >= 4 is 17.6 Å². The molecule has 1 rings (SSSR count). The van der Waals surface area contributed by atoms with Crippen molar-refractivity contribution < 1.29 is 37.3 Å². The highest BCUT2D eigenvalue weighted by molar-refractivity contribution is 6.13. The van der Waals surface area contributed by atoms with E-state index in [0.29, 0.717) is 0 Å². The number of benzene rings is 1. The van der Waals surface area contributed by atoms with Crippen LogP contribution in [0.5, 0.6) is 5.75 Å². The molecular weight excluding hydrogens is 307 g/mol. The molecule has 0 spiro atoms. The van der Waals surface area contributed by atoms with Gasteiger partial charge in [0, 0.05) is 6.20 Å². The molecule has 0 bridgehead atoms. The molecule has 6 nitrogen and oxygen atoms in total. The van der Waals surface area contributed by atoms with E-state index in [1.165, 1.54) is 25.1 Å². The fraction of sp³-hybridized carbons (Fsp3) is 0.231. The summed E-state index contributed by atoms with van der Waals surface area (Å²) in [5, 5.41) is 11.2. The maximum Gasteiger partial charge on any atom is 0.573 e. The van der Waals surface area contributed by atoms with Gasteiger partial charge in [0.1, 0.15) is 0 Å². The molecule has 0 aliphatic rings. The fourth-order valence-electron chi connectivity index (χ4n) is 1.37. The highest BCUT2D eigenvalue weighted by Gasteiger charge is 2.32. The largest absolute Gasteiger partial charge is 0.573 e. The van der Waals surface area contributed by atoms with Crippen molar-refractivity contribution in [2.75, 3.05) is 11.9 Å². The number of carboxylic acid groups (broad SMARTS) is 1. The summed E-state index contributed by atoms with van der Waals surface area (Å²) < 4.78 is 45.0. The van der Waals surface area contributed by atoms with Crippen molar-refractivity contribution in [3.8, 4) is 5.75 Å². The first-order valence-electron chi connectivity index (χ1n) is 5.96. The molecule has 0 aliphatic heterocycles. The number of carbonyl (C=O) groups is 2. The summed E-state index contributed by atoms with van der Waals surface area (Å²) in [6.45, 7) is 1.44. The summed E-state index contributed by atoms with van der Waals surface area (Å²) in [4.78, 5) is 22.3. The van der Waals surface area contributed by atoms with Crippen LogP contribution in [0.3, 0.4) is 0 Å². The Morgan fingerprint density at radius 1 is 1.32 bits per heavy atom. The highest BCUT2D eigenvalue weighted by atomic mass is 19.4. The lowest BCUT2D eigenvalue weighted by atomic mass is 10.2. The molecule has 0 saturated heterocycles. The van der Waals surface area contributed by atoms with Crippen molar-refractivity contribution in [2.24, 2.45) is 0 Å². The predicted molar refractivity (Wildman–Crippen MR) is 69.1 cm³/mol. The van der Waals surface area contributed by atoms with Gasteiger partial charge in [0.25, 0.3) is 0 Å². The number of esters is 1. The van der Waals surface area contributed by atoms with Gasteiger partial charge in [0.05, 0.1) is 12.3 Å². The average molecular weight is 319 g/mol. The van der Waals surface area contributed by atoms with E-state index in [-0.39, 0.29) is 12.3 Å². The highest BCUT2D eigenvalue weighted by Crippen LogP contribution is 2.30. The number of anilines is 1. The molecule has 22 heavy (non-hydrogen) atoms. The molecule has 2 N–H and O–H groups in total. The zero-order valence-electron chi connectivity index (χ0n) is 11.3. The zero-order chi connectivity index (χ0) is 16.8. The number of ether oxygens (including phenoxy) is 2. The van der Waals surface area contributed by atoms with Gasteiger partial charge in [-0.05, 0) is 19.1 Å². The van der Waals surface area contributed by atoms with Crippen molar-refractivity contribution in [2.45, 2.75) is 13.3 Å². The van der Waals surface area contributed by atoms with E-state index in [0.717, 1.165) is 12.3 Å². The third-order valence-electron chi connectivity index (χ3n) is 2.21. The number of carbonyl (C=O) groups excluding carboxylic acids is 1. The number of alkyl halides is 3. The molecule has 0 atom stereocenters. The van der Waals surface area contributed by atoms with Gasteiger partial charge >= 0.3 is 18.3 Å². The van der Waals surface area contributed by atoms with Gasteiger partial charge in [-0.3, -0.25) is 0 Å². The van der Waals surface area contributed by atoms with Crippen LogP contribution in [-0.2, 0) is 14.3 Å². The molecular formula is C13H12F3NO5. The minimum absolute atomic E-state index is 0.0444. The van der Waals surface area contributed by atoms with Gasteiger partial charge in [-0.1, -0.05) is 12.1 Å². The lowest BCUT2D eigenvalue weighted by Gasteiger charge is -2.13. The van der Waals surface area contributed by atoms with Gasteiger partial charge in [-0.15, -0.1) is 13.2 Å². The standard InChI is InChI=1S/C13H12F3NO5/c1-2-21-12(20)8(11(18)19)7-17-9-5-3-4-6-10(9)22-13(14,15)16/h3-7,17H,2H2,1H3,(H,18,19)/b8-7-. The second-order valence-electron chi connectivity index (χ2n) is 3.77. The van der Waals surface area contributed by atoms with E-state index in [1.54, 1.807) is 0 Å². The molecule has 0 aromatic heterocycles. The van der Waals surface area contributed by atoms with E-state index in [2.05, 4.69) is 14.8 Å². The van der Waals surface area contributed by atoms with E-state index in [9.17, 15) is 22.8 Å². The first-order chi connectivity index (χ1) is 10.2. The Hall–Kier alpha value is -2.71. The maximum atomic E-state index is 12.2. The Morgan fingerprint density at radius 2 is 1.95 bits per heavy atom. The zero-order valence-corrected chi connectivity index (χ0v) is 11.3. The number of halogens is 3.